The van der Waals surface area contributed by atoms with Gasteiger partial charge < -0.3 is 4.90 Å². The molecule has 0 spiro atoms. The summed E-state index contributed by atoms with van der Waals surface area (Å²) in [6.45, 7) is 6.59. The van der Waals surface area contributed by atoms with Gasteiger partial charge in [-0.1, -0.05) is 75.1 Å². The van der Waals surface area contributed by atoms with Gasteiger partial charge in [-0.05, 0) is 48.9 Å². The quantitative estimate of drug-likeness (QED) is 0.561. The number of carbonyl (C=O) groups excluding carboxylic acids is 3. The van der Waals surface area contributed by atoms with Gasteiger partial charge in [0.25, 0.3) is 5.91 Å². The van der Waals surface area contributed by atoms with Crippen molar-refractivity contribution in [2.75, 3.05) is 4.90 Å². The van der Waals surface area contributed by atoms with Gasteiger partial charge in [-0.3, -0.25) is 14.4 Å². The number of anilines is 1. The van der Waals surface area contributed by atoms with E-state index in [1.165, 1.54) is 4.90 Å². The predicted octanol–water partition coefficient (Wildman–Crippen LogP) is 5.36. The highest BCUT2D eigenvalue weighted by molar-refractivity contribution is 6.23. The van der Waals surface area contributed by atoms with Crippen LogP contribution in [0.15, 0.2) is 48.5 Å². The number of carbonyl (C=O) groups is 3. The molecular weight excluding hydrogens is 412 g/mol. The lowest BCUT2D eigenvalue weighted by Gasteiger charge is -2.32. The van der Waals surface area contributed by atoms with Gasteiger partial charge in [0.2, 0.25) is 11.8 Å². The lowest BCUT2D eigenvalue weighted by Crippen LogP contribution is -2.47. The number of rotatable bonds is 6. The second-order valence-electron chi connectivity index (χ2n) is 9.82. The molecule has 174 valence electrons. The highest BCUT2D eigenvalue weighted by Gasteiger charge is 2.45. The lowest BCUT2D eigenvalue weighted by molar-refractivity contribution is -0.143. The Morgan fingerprint density at radius 2 is 1.61 bits per heavy atom. The van der Waals surface area contributed by atoms with Crippen LogP contribution >= 0.6 is 0 Å². The van der Waals surface area contributed by atoms with Crippen LogP contribution in [0.5, 0.6) is 0 Å². The van der Waals surface area contributed by atoms with Crippen LogP contribution in [0.3, 0.4) is 0 Å². The van der Waals surface area contributed by atoms with Crippen molar-refractivity contribution >= 4 is 23.4 Å². The maximum Gasteiger partial charge on any atom is 0.257 e. The molecule has 2 aromatic carbocycles. The molecule has 1 aliphatic carbocycles. The second-order valence-corrected chi connectivity index (χ2v) is 9.82. The molecule has 1 saturated heterocycles. The monoisotopic (exact) mass is 446 g/mol. The van der Waals surface area contributed by atoms with E-state index >= 15 is 0 Å². The highest BCUT2D eigenvalue weighted by atomic mass is 16.2. The van der Waals surface area contributed by atoms with Crippen molar-refractivity contribution < 1.29 is 14.4 Å². The molecule has 1 heterocycles. The number of hydrogen-bond donors (Lipinski definition) is 0. The van der Waals surface area contributed by atoms with Crippen LogP contribution in [0.1, 0.15) is 75.0 Å². The highest BCUT2D eigenvalue weighted by Crippen LogP contribution is 2.32. The van der Waals surface area contributed by atoms with Gasteiger partial charge >= 0.3 is 0 Å². The third-order valence-electron chi connectivity index (χ3n) is 7.03. The zero-order valence-electron chi connectivity index (χ0n) is 19.9. The van der Waals surface area contributed by atoms with Gasteiger partial charge in [0.1, 0.15) is 6.04 Å². The minimum absolute atomic E-state index is 0.0124. The van der Waals surface area contributed by atoms with Crippen LogP contribution in [-0.4, -0.2) is 28.7 Å². The maximum atomic E-state index is 13.6. The molecule has 1 aliphatic heterocycles. The first-order valence-corrected chi connectivity index (χ1v) is 12.2. The Bertz CT molecular complexity index is 1000. The van der Waals surface area contributed by atoms with Crippen molar-refractivity contribution in [2.45, 2.75) is 77.8 Å². The largest absolute Gasteiger partial charge is 0.326 e. The van der Waals surface area contributed by atoms with Crippen LogP contribution in [0, 0.1) is 12.8 Å². The van der Waals surface area contributed by atoms with E-state index in [0.717, 1.165) is 48.8 Å². The van der Waals surface area contributed by atoms with Crippen LogP contribution in [0.4, 0.5) is 5.69 Å². The van der Waals surface area contributed by atoms with Crippen molar-refractivity contribution in [2.24, 2.45) is 5.92 Å². The van der Waals surface area contributed by atoms with Gasteiger partial charge in [-0.15, -0.1) is 0 Å². The molecule has 0 radical (unpaired) electrons. The Labute approximate surface area is 196 Å². The first-order chi connectivity index (χ1) is 15.8. The van der Waals surface area contributed by atoms with E-state index in [4.69, 9.17) is 0 Å². The molecule has 5 nitrogen and oxygen atoms in total. The van der Waals surface area contributed by atoms with Crippen LogP contribution < -0.4 is 4.90 Å². The van der Waals surface area contributed by atoms with Crippen molar-refractivity contribution in [3.8, 4) is 0 Å². The van der Waals surface area contributed by atoms with Crippen LogP contribution in [0.25, 0.3) is 0 Å². The van der Waals surface area contributed by atoms with E-state index in [9.17, 15) is 14.4 Å². The summed E-state index contributed by atoms with van der Waals surface area (Å²) in [5.74, 6) is -0.221. The average molecular weight is 447 g/mol. The summed E-state index contributed by atoms with van der Waals surface area (Å²) in [5.41, 5.74) is 3.86. The standard InChI is InChI=1S/C28H34N2O3/c1-19(2)22-13-15-24(16-14-22)30-26(31)17-25(28(30)33)29(18-21-11-9-20(3)10-12-21)27(32)23-7-5-4-6-8-23/h9-16,19,23,25H,4-8,17-18H2,1-3H3. The normalized spacial score (nSPS) is 19.4. The molecule has 33 heavy (non-hydrogen) atoms. The average Bonchev–Trinajstić information content (AvgIpc) is 3.12. The van der Waals surface area contributed by atoms with Crippen molar-refractivity contribution in [1.82, 2.24) is 4.90 Å². The maximum absolute atomic E-state index is 13.6. The topological polar surface area (TPSA) is 57.7 Å². The molecule has 5 heteroatoms. The smallest absolute Gasteiger partial charge is 0.257 e. The van der Waals surface area contributed by atoms with Crippen LogP contribution in [-0.2, 0) is 20.9 Å². The zero-order chi connectivity index (χ0) is 23.5. The van der Waals surface area contributed by atoms with Crippen molar-refractivity contribution in [3.05, 3.63) is 65.2 Å². The first kappa shape index (κ1) is 23.2. The summed E-state index contributed by atoms with van der Waals surface area (Å²) in [7, 11) is 0. The van der Waals surface area contributed by atoms with Gasteiger partial charge in [0.15, 0.2) is 0 Å². The molecule has 2 fully saturated rings. The molecular formula is C28H34N2O3. The van der Waals surface area contributed by atoms with Gasteiger partial charge in [-0.2, -0.15) is 0 Å². The molecule has 2 aromatic rings. The third-order valence-corrected chi connectivity index (χ3v) is 7.03. The van der Waals surface area contributed by atoms with Gasteiger partial charge in [-0.25, -0.2) is 4.90 Å². The Morgan fingerprint density at radius 1 is 0.970 bits per heavy atom. The van der Waals surface area contributed by atoms with E-state index in [2.05, 4.69) is 13.8 Å². The molecule has 0 aromatic heterocycles. The van der Waals surface area contributed by atoms with Crippen LogP contribution in [0.2, 0.25) is 0 Å². The Kier molecular flexibility index (Phi) is 6.96. The third kappa shape index (κ3) is 5.02. The number of aryl methyl sites for hydroxylation is 1. The van der Waals surface area contributed by atoms with E-state index in [1.807, 2.05) is 55.5 Å². The van der Waals surface area contributed by atoms with Gasteiger partial charge in [0.05, 0.1) is 12.1 Å². The molecule has 4 rings (SSSR count). The number of hydrogen-bond acceptors (Lipinski definition) is 3. The summed E-state index contributed by atoms with van der Waals surface area (Å²) in [4.78, 5) is 43.1. The Morgan fingerprint density at radius 3 is 2.21 bits per heavy atom. The number of benzene rings is 2. The Balaban J connectivity index is 1.61. The zero-order valence-corrected chi connectivity index (χ0v) is 19.9. The summed E-state index contributed by atoms with van der Waals surface area (Å²) in [6.07, 6.45) is 5.00. The van der Waals surface area contributed by atoms with E-state index < -0.39 is 6.04 Å². The predicted molar refractivity (Wildman–Crippen MR) is 130 cm³/mol. The minimum Gasteiger partial charge on any atom is -0.326 e. The van der Waals surface area contributed by atoms with E-state index in [1.54, 1.807) is 4.90 Å². The van der Waals surface area contributed by atoms with Gasteiger partial charge in [0, 0.05) is 12.5 Å². The molecule has 1 atom stereocenters. The number of nitrogens with zero attached hydrogens (tertiary/aromatic N) is 2. The second kappa shape index (κ2) is 9.90. The summed E-state index contributed by atoms with van der Waals surface area (Å²) in [5, 5.41) is 0. The van der Waals surface area contributed by atoms with E-state index in [0.29, 0.717) is 18.2 Å². The fourth-order valence-electron chi connectivity index (χ4n) is 4.95. The molecule has 0 N–H and O–H groups in total. The van der Waals surface area contributed by atoms with Crippen molar-refractivity contribution in [1.29, 1.82) is 0 Å². The summed E-state index contributed by atoms with van der Waals surface area (Å²) >= 11 is 0. The molecule has 1 saturated carbocycles. The molecule has 3 amide bonds. The molecule has 0 bridgehead atoms. The summed E-state index contributed by atoms with van der Waals surface area (Å²) < 4.78 is 0. The lowest BCUT2D eigenvalue weighted by atomic mass is 9.87. The fraction of sp³-hybridized carbons (Fsp3) is 0.464. The SMILES string of the molecule is Cc1ccc(CN(C(=O)C2CCCCC2)C2CC(=O)N(c3ccc(C(C)C)cc3)C2=O)cc1. The molecule has 2 aliphatic rings. The molecule has 1 unspecified atom stereocenters. The number of amides is 3. The first-order valence-electron chi connectivity index (χ1n) is 12.2. The number of imide groups is 1. The van der Waals surface area contributed by atoms with Crippen molar-refractivity contribution in [3.63, 3.8) is 0 Å². The Hall–Kier alpha value is -2.95. The summed E-state index contributed by atoms with van der Waals surface area (Å²) in [6, 6.07) is 14.9. The van der Waals surface area contributed by atoms with E-state index in [-0.39, 0.29) is 30.1 Å². The minimum atomic E-state index is -0.752. The fourth-order valence-corrected chi connectivity index (χ4v) is 4.95.